The lowest BCUT2D eigenvalue weighted by Crippen LogP contribution is -2.29. The molecular formula is C16H23NO2. The van der Waals surface area contributed by atoms with Crippen LogP contribution in [0.25, 0.3) is 0 Å². The van der Waals surface area contributed by atoms with Gasteiger partial charge in [-0.1, -0.05) is 19.9 Å². The molecule has 1 fully saturated rings. The molecule has 0 aliphatic heterocycles. The van der Waals surface area contributed by atoms with E-state index in [-0.39, 0.29) is 5.92 Å². The highest BCUT2D eigenvalue weighted by Gasteiger charge is 2.30. The summed E-state index contributed by atoms with van der Waals surface area (Å²) in [4.78, 5) is 16.5. The van der Waals surface area contributed by atoms with Crippen LogP contribution in [0.2, 0.25) is 0 Å². The maximum Gasteiger partial charge on any atom is 0.213 e. The van der Waals surface area contributed by atoms with Gasteiger partial charge in [-0.05, 0) is 37.2 Å². The van der Waals surface area contributed by atoms with Gasteiger partial charge in [0.15, 0.2) is 0 Å². The van der Waals surface area contributed by atoms with E-state index in [4.69, 9.17) is 4.74 Å². The number of ketones is 1. The van der Waals surface area contributed by atoms with Gasteiger partial charge < -0.3 is 4.74 Å². The Morgan fingerprint density at radius 2 is 2.21 bits per heavy atom. The number of methoxy groups -OCH3 is 1. The monoisotopic (exact) mass is 261 g/mol. The molecule has 0 saturated heterocycles. The number of pyridine rings is 1. The Balaban J connectivity index is 2.05. The van der Waals surface area contributed by atoms with E-state index in [1.54, 1.807) is 7.11 Å². The number of carbonyl (C=O) groups excluding carboxylic acids is 1. The lowest BCUT2D eigenvalue weighted by Gasteiger charge is -2.30. The van der Waals surface area contributed by atoms with Crippen molar-refractivity contribution in [3.8, 4) is 5.88 Å². The largest absolute Gasteiger partial charge is 0.481 e. The van der Waals surface area contributed by atoms with E-state index in [9.17, 15) is 4.79 Å². The fourth-order valence-corrected chi connectivity index (χ4v) is 2.89. The van der Waals surface area contributed by atoms with Crippen LogP contribution < -0.4 is 4.74 Å². The van der Waals surface area contributed by atoms with Gasteiger partial charge in [0.25, 0.3) is 0 Å². The first kappa shape index (κ1) is 14.0. The zero-order valence-corrected chi connectivity index (χ0v) is 12.1. The average molecular weight is 261 g/mol. The molecule has 0 N–H and O–H groups in total. The third-order valence-electron chi connectivity index (χ3n) is 4.19. The predicted octanol–water partition coefficient (Wildman–Crippen LogP) is 3.27. The summed E-state index contributed by atoms with van der Waals surface area (Å²) >= 11 is 0. The maximum absolute atomic E-state index is 12.1. The Labute approximate surface area is 115 Å². The third kappa shape index (κ3) is 3.55. The van der Waals surface area contributed by atoms with Crippen molar-refractivity contribution in [1.82, 2.24) is 4.98 Å². The van der Waals surface area contributed by atoms with E-state index in [1.807, 2.05) is 18.2 Å². The number of carbonyl (C=O) groups is 1. The molecule has 19 heavy (non-hydrogen) atoms. The van der Waals surface area contributed by atoms with Crippen molar-refractivity contribution in [3.63, 3.8) is 0 Å². The molecule has 1 heterocycles. The molecule has 1 aliphatic rings. The van der Waals surface area contributed by atoms with E-state index >= 15 is 0 Å². The number of ether oxygens (including phenoxy) is 1. The molecule has 0 amide bonds. The second-order valence-corrected chi connectivity index (χ2v) is 5.82. The Morgan fingerprint density at radius 1 is 1.42 bits per heavy atom. The first-order valence-electron chi connectivity index (χ1n) is 7.12. The van der Waals surface area contributed by atoms with Crippen LogP contribution in [0.4, 0.5) is 0 Å². The first-order chi connectivity index (χ1) is 9.10. The molecule has 2 unspecified atom stereocenters. The standard InChI is InChI=1S/C16H23NO2/c1-11(2)12-7-8-15(18)13(9-12)10-14-5-4-6-16(17-14)19-3/h4-6,11-13H,7-10H2,1-3H3. The third-order valence-corrected chi connectivity index (χ3v) is 4.19. The molecular weight excluding hydrogens is 238 g/mol. The number of hydrogen-bond acceptors (Lipinski definition) is 3. The zero-order valence-electron chi connectivity index (χ0n) is 12.1. The SMILES string of the molecule is COc1cccc(CC2CC(C(C)C)CCC2=O)n1. The summed E-state index contributed by atoms with van der Waals surface area (Å²) < 4.78 is 5.13. The summed E-state index contributed by atoms with van der Waals surface area (Å²) in [5, 5.41) is 0. The van der Waals surface area contributed by atoms with Gasteiger partial charge in [0, 0.05) is 24.1 Å². The highest BCUT2D eigenvalue weighted by molar-refractivity contribution is 5.82. The minimum atomic E-state index is 0.140. The zero-order chi connectivity index (χ0) is 13.8. The number of aromatic nitrogens is 1. The Kier molecular flexibility index (Phi) is 4.56. The van der Waals surface area contributed by atoms with Crippen LogP contribution in [0.5, 0.6) is 5.88 Å². The highest BCUT2D eigenvalue weighted by atomic mass is 16.5. The van der Waals surface area contributed by atoms with Crippen molar-refractivity contribution < 1.29 is 9.53 Å². The van der Waals surface area contributed by atoms with Gasteiger partial charge in [0.1, 0.15) is 5.78 Å². The summed E-state index contributed by atoms with van der Waals surface area (Å²) in [5.41, 5.74) is 0.960. The minimum absolute atomic E-state index is 0.140. The molecule has 0 radical (unpaired) electrons. The van der Waals surface area contributed by atoms with Crippen LogP contribution in [-0.2, 0) is 11.2 Å². The van der Waals surface area contributed by atoms with Gasteiger partial charge in [-0.2, -0.15) is 0 Å². The van der Waals surface area contributed by atoms with Gasteiger partial charge in [-0.15, -0.1) is 0 Å². The van der Waals surface area contributed by atoms with Gasteiger partial charge in [0.2, 0.25) is 5.88 Å². The fourth-order valence-electron chi connectivity index (χ4n) is 2.89. The van der Waals surface area contributed by atoms with E-state index in [1.165, 1.54) is 0 Å². The van der Waals surface area contributed by atoms with Crippen molar-refractivity contribution in [1.29, 1.82) is 0 Å². The molecule has 1 aliphatic carbocycles. The van der Waals surface area contributed by atoms with Gasteiger partial charge in [0.05, 0.1) is 7.11 Å². The van der Waals surface area contributed by atoms with Crippen molar-refractivity contribution in [2.24, 2.45) is 17.8 Å². The Morgan fingerprint density at radius 3 is 2.89 bits per heavy atom. The molecule has 2 atom stereocenters. The number of hydrogen-bond donors (Lipinski definition) is 0. The van der Waals surface area contributed by atoms with Crippen molar-refractivity contribution in [2.75, 3.05) is 7.11 Å². The number of rotatable bonds is 4. The summed E-state index contributed by atoms with van der Waals surface area (Å²) in [5.74, 6) is 2.51. The van der Waals surface area contributed by atoms with Crippen LogP contribution in [0.15, 0.2) is 18.2 Å². The van der Waals surface area contributed by atoms with Crippen molar-refractivity contribution in [2.45, 2.75) is 39.5 Å². The van der Waals surface area contributed by atoms with Crippen LogP contribution in [0.3, 0.4) is 0 Å². The van der Waals surface area contributed by atoms with Crippen LogP contribution in [0.1, 0.15) is 38.8 Å². The Hall–Kier alpha value is -1.38. The first-order valence-corrected chi connectivity index (χ1v) is 7.12. The summed E-state index contributed by atoms with van der Waals surface area (Å²) in [6, 6.07) is 5.76. The van der Waals surface area contributed by atoms with Crippen molar-refractivity contribution >= 4 is 5.78 Å². The molecule has 0 bridgehead atoms. The average Bonchev–Trinajstić information content (AvgIpc) is 2.41. The minimum Gasteiger partial charge on any atom is -0.481 e. The predicted molar refractivity (Wildman–Crippen MR) is 75.2 cm³/mol. The van der Waals surface area contributed by atoms with E-state index < -0.39 is 0 Å². The second-order valence-electron chi connectivity index (χ2n) is 5.82. The van der Waals surface area contributed by atoms with Crippen molar-refractivity contribution in [3.05, 3.63) is 23.9 Å². The maximum atomic E-state index is 12.1. The van der Waals surface area contributed by atoms with E-state index in [0.29, 0.717) is 23.5 Å². The van der Waals surface area contributed by atoms with E-state index in [0.717, 1.165) is 31.4 Å². The highest BCUT2D eigenvalue weighted by Crippen LogP contribution is 2.33. The van der Waals surface area contributed by atoms with Crippen LogP contribution in [0, 0.1) is 17.8 Å². The second kappa shape index (κ2) is 6.18. The summed E-state index contributed by atoms with van der Waals surface area (Å²) in [6.45, 7) is 4.50. The molecule has 1 saturated carbocycles. The number of Topliss-reactive ketones (excluding diaryl/α,β-unsaturated/α-hetero) is 1. The van der Waals surface area contributed by atoms with Crippen LogP contribution in [-0.4, -0.2) is 17.9 Å². The quantitative estimate of drug-likeness (QED) is 0.835. The fraction of sp³-hybridized carbons (Fsp3) is 0.625. The molecule has 3 heteroatoms. The molecule has 1 aromatic rings. The van der Waals surface area contributed by atoms with Gasteiger partial charge >= 0.3 is 0 Å². The van der Waals surface area contributed by atoms with E-state index in [2.05, 4.69) is 18.8 Å². The smallest absolute Gasteiger partial charge is 0.213 e. The van der Waals surface area contributed by atoms with Crippen LogP contribution >= 0.6 is 0 Å². The molecule has 2 rings (SSSR count). The summed E-state index contributed by atoms with van der Waals surface area (Å²) in [6.07, 6.45) is 3.55. The topological polar surface area (TPSA) is 39.2 Å². The summed E-state index contributed by atoms with van der Waals surface area (Å²) in [7, 11) is 1.62. The Bertz CT molecular complexity index is 442. The lowest BCUT2D eigenvalue weighted by molar-refractivity contribution is -0.126. The molecule has 3 nitrogen and oxygen atoms in total. The van der Waals surface area contributed by atoms with Gasteiger partial charge in [-0.3, -0.25) is 4.79 Å². The molecule has 0 spiro atoms. The molecule has 1 aromatic heterocycles. The molecule has 104 valence electrons. The number of nitrogens with zero attached hydrogens (tertiary/aromatic N) is 1. The normalized spacial score (nSPS) is 23.7. The molecule has 0 aromatic carbocycles. The van der Waals surface area contributed by atoms with Gasteiger partial charge in [-0.25, -0.2) is 4.98 Å². The lowest BCUT2D eigenvalue weighted by atomic mass is 9.74.